The minimum Gasteiger partial charge on any atom is -0.379 e. The van der Waals surface area contributed by atoms with Crippen LogP contribution in [-0.2, 0) is 6.54 Å². The van der Waals surface area contributed by atoms with Crippen molar-refractivity contribution in [2.24, 2.45) is 0 Å². The van der Waals surface area contributed by atoms with Crippen LogP contribution in [0.2, 0.25) is 0 Å². The van der Waals surface area contributed by atoms with Crippen molar-refractivity contribution in [3.63, 3.8) is 0 Å². The van der Waals surface area contributed by atoms with E-state index in [1.54, 1.807) is 6.07 Å². The fourth-order valence-corrected chi connectivity index (χ4v) is 3.40. The fraction of sp³-hybridized carbons (Fsp3) is 0.143. The van der Waals surface area contributed by atoms with Crippen LogP contribution in [-0.4, -0.2) is 0 Å². The van der Waals surface area contributed by atoms with Crippen molar-refractivity contribution in [2.75, 3.05) is 5.32 Å². The second-order valence-corrected chi connectivity index (χ2v) is 5.91. The summed E-state index contributed by atoms with van der Waals surface area (Å²) in [7, 11) is 0. The third kappa shape index (κ3) is 3.54. The lowest BCUT2D eigenvalue weighted by atomic mass is 10.2. The molecule has 0 aliphatic carbocycles. The van der Waals surface area contributed by atoms with Crippen molar-refractivity contribution in [1.29, 1.82) is 0 Å². The van der Waals surface area contributed by atoms with Crippen molar-refractivity contribution < 1.29 is 8.78 Å². The summed E-state index contributed by atoms with van der Waals surface area (Å²) in [5.74, 6) is -1.66. The van der Waals surface area contributed by atoms with Crippen LogP contribution in [0.5, 0.6) is 0 Å². The first-order valence-corrected chi connectivity index (χ1v) is 7.19. The molecule has 2 aromatic rings. The Balaban J connectivity index is 2.16. The predicted molar refractivity (Wildman–Crippen MR) is 80.3 cm³/mol. The van der Waals surface area contributed by atoms with Gasteiger partial charge in [0.1, 0.15) is 0 Å². The third-order valence-corrected chi connectivity index (χ3v) is 3.89. The second-order valence-electron chi connectivity index (χ2n) is 4.21. The SMILES string of the molecule is Cc1cc(Br)c(NCc2ccc(F)c(F)c2)c(Br)c1. The third-order valence-electron chi connectivity index (χ3n) is 2.64. The van der Waals surface area contributed by atoms with E-state index in [9.17, 15) is 8.78 Å². The van der Waals surface area contributed by atoms with Crippen LogP contribution in [0.3, 0.4) is 0 Å². The number of hydrogen-bond donors (Lipinski definition) is 1. The van der Waals surface area contributed by atoms with E-state index in [0.29, 0.717) is 12.1 Å². The largest absolute Gasteiger partial charge is 0.379 e. The highest BCUT2D eigenvalue weighted by Crippen LogP contribution is 2.32. The Kier molecular flexibility index (Phi) is 4.58. The first-order chi connectivity index (χ1) is 8.97. The summed E-state index contributed by atoms with van der Waals surface area (Å²) in [6.45, 7) is 2.41. The Morgan fingerprint density at radius 2 is 1.63 bits per heavy atom. The van der Waals surface area contributed by atoms with Crippen LogP contribution in [0.4, 0.5) is 14.5 Å². The van der Waals surface area contributed by atoms with Crippen molar-refractivity contribution in [2.45, 2.75) is 13.5 Å². The molecule has 1 nitrogen and oxygen atoms in total. The van der Waals surface area contributed by atoms with Gasteiger partial charge in [0.05, 0.1) is 5.69 Å². The molecule has 0 saturated heterocycles. The number of aryl methyl sites for hydroxylation is 1. The van der Waals surface area contributed by atoms with E-state index in [0.717, 1.165) is 26.3 Å². The van der Waals surface area contributed by atoms with Crippen molar-refractivity contribution in [3.8, 4) is 0 Å². The highest BCUT2D eigenvalue weighted by atomic mass is 79.9. The van der Waals surface area contributed by atoms with Gasteiger partial charge in [-0.15, -0.1) is 0 Å². The van der Waals surface area contributed by atoms with E-state index in [1.165, 1.54) is 6.07 Å². The molecule has 0 radical (unpaired) electrons. The van der Waals surface area contributed by atoms with E-state index >= 15 is 0 Å². The van der Waals surface area contributed by atoms with Gasteiger partial charge in [0.25, 0.3) is 0 Å². The van der Waals surface area contributed by atoms with Gasteiger partial charge in [-0.05, 0) is 74.2 Å². The zero-order valence-corrected chi connectivity index (χ0v) is 13.3. The summed E-state index contributed by atoms with van der Waals surface area (Å²) in [5.41, 5.74) is 2.69. The average molecular weight is 391 g/mol. The maximum Gasteiger partial charge on any atom is 0.159 e. The minimum atomic E-state index is -0.832. The molecule has 0 aliphatic heterocycles. The van der Waals surface area contributed by atoms with E-state index in [1.807, 2.05) is 19.1 Å². The Morgan fingerprint density at radius 1 is 1.00 bits per heavy atom. The van der Waals surface area contributed by atoms with Crippen LogP contribution in [0.1, 0.15) is 11.1 Å². The van der Waals surface area contributed by atoms with Gasteiger partial charge in [-0.25, -0.2) is 8.78 Å². The summed E-state index contributed by atoms with van der Waals surface area (Å²) in [6.07, 6.45) is 0. The van der Waals surface area contributed by atoms with Gasteiger partial charge >= 0.3 is 0 Å². The van der Waals surface area contributed by atoms with Gasteiger partial charge in [0.2, 0.25) is 0 Å². The predicted octanol–water partition coefficient (Wildman–Crippen LogP) is 5.41. The Morgan fingerprint density at radius 3 is 2.21 bits per heavy atom. The first kappa shape index (κ1) is 14.5. The molecule has 0 spiro atoms. The van der Waals surface area contributed by atoms with Gasteiger partial charge in [0, 0.05) is 15.5 Å². The normalized spacial score (nSPS) is 10.6. The van der Waals surface area contributed by atoms with E-state index in [-0.39, 0.29) is 0 Å². The maximum absolute atomic E-state index is 13.1. The highest BCUT2D eigenvalue weighted by molar-refractivity contribution is 9.11. The molecular formula is C14H11Br2F2N. The molecule has 19 heavy (non-hydrogen) atoms. The molecular weight excluding hydrogens is 380 g/mol. The molecule has 0 aromatic heterocycles. The fourth-order valence-electron chi connectivity index (χ4n) is 1.71. The second kappa shape index (κ2) is 6.01. The van der Waals surface area contributed by atoms with Gasteiger partial charge < -0.3 is 5.32 Å². The number of benzene rings is 2. The average Bonchev–Trinajstić information content (AvgIpc) is 2.32. The first-order valence-electron chi connectivity index (χ1n) is 5.61. The van der Waals surface area contributed by atoms with Gasteiger partial charge in [-0.1, -0.05) is 6.07 Å². The zero-order valence-electron chi connectivity index (χ0n) is 10.1. The van der Waals surface area contributed by atoms with E-state index in [4.69, 9.17) is 0 Å². The zero-order chi connectivity index (χ0) is 14.0. The van der Waals surface area contributed by atoms with Gasteiger partial charge in [0.15, 0.2) is 11.6 Å². The smallest absolute Gasteiger partial charge is 0.159 e. The van der Waals surface area contributed by atoms with Crippen molar-refractivity contribution >= 4 is 37.5 Å². The number of rotatable bonds is 3. The minimum absolute atomic E-state index is 0.414. The topological polar surface area (TPSA) is 12.0 Å². The Labute approximate surface area is 127 Å². The van der Waals surface area contributed by atoms with Gasteiger partial charge in [-0.2, -0.15) is 0 Å². The molecule has 0 atom stereocenters. The highest BCUT2D eigenvalue weighted by Gasteiger charge is 2.07. The van der Waals surface area contributed by atoms with Crippen LogP contribution in [0.15, 0.2) is 39.3 Å². The molecule has 100 valence electrons. The summed E-state index contributed by atoms with van der Waals surface area (Å²) >= 11 is 6.94. The van der Waals surface area contributed by atoms with Crippen LogP contribution >= 0.6 is 31.9 Å². The summed E-state index contributed by atoms with van der Waals surface area (Å²) < 4.78 is 27.8. The molecule has 0 saturated carbocycles. The lowest BCUT2D eigenvalue weighted by molar-refractivity contribution is 0.507. The lowest BCUT2D eigenvalue weighted by Crippen LogP contribution is -2.02. The molecule has 2 aromatic carbocycles. The molecule has 5 heteroatoms. The lowest BCUT2D eigenvalue weighted by Gasteiger charge is -2.12. The number of halogens is 4. The van der Waals surface area contributed by atoms with E-state index < -0.39 is 11.6 Å². The van der Waals surface area contributed by atoms with E-state index in [2.05, 4.69) is 37.2 Å². The Bertz CT molecular complexity index is 591. The quantitative estimate of drug-likeness (QED) is 0.738. The van der Waals surface area contributed by atoms with Crippen molar-refractivity contribution in [3.05, 3.63) is 62.0 Å². The van der Waals surface area contributed by atoms with Crippen molar-refractivity contribution in [1.82, 2.24) is 0 Å². The molecule has 0 unspecified atom stereocenters. The molecule has 0 aliphatic rings. The molecule has 0 bridgehead atoms. The number of nitrogens with one attached hydrogen (secondary N) is 1. The maximum atomic E-state index is 13.1. The van der Waals surface area contributed by atoms with Gasteiger partial charge in [-0.3, -0.25) is 0 Å². The molecule has 1 N–H and O–H groups in total. The molecule has 0 fully saturated rings. The standard InChI is InChI=1S/C14H11Br2F2N/c1-8-4-10(15)14(11(16)5-8)19-7-9-2-3-12(17)13(18)6-9/h2-6,19H,7H2,1H3. The van der Waals surface area contributed by atoms with Crippen LogP contribution in [0, 0.1) is 18.6 Å². The molecule has 2 rings (SSSR count). The van der Waals surface area contributed by atoms with Crippen LogP contribution < -0.4 is 5.32 Å². The molecule has 0 heterocycles. The molecule has 0 amide bonds. The summed E-state index contributed by atoms with van der Waals surface area (Å²) in [6, 6.07) is 7.85. The summed E-state index contributed by atoms with van der Waals surface area (Å²) in [5, 5.41) is 3.19. The number of hydrogen-bond acceptors (Lipinski definition) is 1. The Hall–Kier alpha value is -0.940. The number of anilines is 1. The van der Waals surface area contributed by atoms with Crippen LogP contribution in [0.25, 0.3) is 0 Å². The summed E-state index contributed by atoms with van der Waals surface area (Å²) in [4.78, 5) is 0. The monoisotopic (exact) mass is 389 g/mol.